The molecular weight excluding hydrogens is 275 g/mol. The summed E-state index contributed by atoms with van der Waals surface area (Å²) in [5.74, 6) is -2.06. The zero-order chi connectivity index (χ0) is 16.2. The summed E-state index contributed by atoms with van der Waals surface area (Å²) in [6, 6.07) is 3.09. The summed E-state index contributed by atoms with van der Waals surface area (Å²) in [5.41, 5.74) is -0.726. The van der Waals surface area contributed by atoms with Crippen molar-refractivity contribution < 1.29 is 18.7 Å². The minimum atomic E-state index is -0.818. The molecule has 0 aliphatic heterocycles. The summed E-state index contributed by atoms with van der Waals surface area (Å²) in [6.45, 7) is 8.82. The van der Waals surface area contributed by atoms with Crippen LogP contribution in [0.3, 0.4) is 0 Å². The molecule has 1 aromatic rings. The van der Waals surface area contributed by atoms with Crippen LogP contribution < -0.4 is 5.32 Å². The number of aromatic nitrogens is 1. The van der Waals surface area contributed by atoms with Crippen LogP contribution in [0.25, 0.3) is 0 Å². The summed E-state index contributed by atoms with van der Waals surface area (Å²) < 4.78 is 18.3. The lowest BCUT2D eigenvalue weighted by molar-refractivity contribution is -0.158. The molecule has 0 aliphatic carbocycles. The first-order chi connectivity index (χ1) is 9.60. The fourth-order valence-corrected chi connectivity index (χ4v) is 1.61. The maximum Gasteiger partial charge on any atom is 0.329 e. The van der Waals surface area contributed by atoms with E-state index in [1.54, 1.807) is 34.6 Å². The quantitative estimate of drug-likeness (QED) is 0.684. The normalized spacial score (nSPS) is 12.9. The maximum atomic E-state index is 13.0. The molecule has 5 nitrogen and oxygen atoms in total. The largest absolute Gasteiger partial charge is 0.458 e. The van der Waals surface area contributed by atoms with Crippen LogP contribution in [0.2, 0.25) is 0 Å². The summed E-state index contributed by atoms with van der Waals surface area (Å²) >= 11 is 0. The zero-order valence-corrected chi connectivity index (χ0v) is 12.9. The zero-order valence-electron chi connectivity index (χ0n) is 12.9. The Hall–Kier alpha value is -1.98. The van der Waals surface area contributed by atoms with Crippen molar-refractivity contribution in [1.29, 1.82) is 0 Å². The molecule has 0 fully saturated rings. The topological polar surface area (TPSA) is 68.3 Å². The molecule has 21 heavy (non-hydrogen) atoms. The second-order valence-corrected chi connectivity index (χ2v) is 6.07. The van der Waals surface area contributed by atoms with Gasteiger partial charge >= 0.3 is 5.97 Å². The Bertz CT molecular complexity index is 524. The maximum absolute atomic E-state index is 13.0. The van der Waals surface area contributed by atoms with E-state index in [0.717, 1.165) is 6.07 Å². The molecule has 116 valence electrons. The van der Waals surface area contributed by atoms with Gasteiger partial charge in [-0.1, -0.05) is 19.9 Å². The molecule has 0 aromatic carbocycles. The lowest BCUT2D eigenvalue weighted by Gasteiger charge is -2.26. The molecule has 0 spiro atoms. The third-order valence-electron chi connectivity index (χ3n) is 2.56. The van der Waals surface area contributed by atoms with Crippen molar-refractivity contribution in [3.05, 3.63) is 29.8 Å². The minimum Gasteiger partial charge on any atom is -0.458 e. The highest BCUT2D eigenvalue weighted by atomic mass is 19.1. The molecule has 0 bridgehead atoms. The number of pyridine rings is 1. The molecule has 1 aromatic heterocycles. The van der Waals surface area contributed by atoms with E-state index in [1.165, 1.54) is 12.1 Å². The number of hydrogen-bond acceptors (Lipinski definition) is 4. The van der Waals surface area contributed by atoms with Crippen molar-refractivity contribution in [1.82, 2.24) is 10.3 Å². The van der Waals surface area contributed by atoms with Gasteiger partial charge in [0.05, 0.1) is 0 Å². The Balaban J connectivity index is 2.84. The van der Waals surface area contributed by atoms with Gasteiger partial charge in [-0.2, -0.15) is 4.39 Å². The van der Waals surface area contributed by atoms with Gasteiger partial charge < -0.3 is 10.1 Å². The van der Waals surface area contributed by atoms with E-state index in [4.69, 9.17) is 4.74 Å². The van der Waals surface area contributed by atoms with Crippen LogP contribution in [0.4, 0.5) is 4.39 Å². The summed E-state index contributed by atoms with van der Waals surface area (Å²) in [4.78, 5) is 27.6. The van der Waals surface area contributed by atoms with Crippen molar-refractivity contribution >= 4 is 11.9 Å². The molecule has 0 saturated carbocycles. The van der Waals surface area contributed by atoms with Gasteiger partial charge in [-0.15, -0.1) is 0 Å². The van der Waals surface area contributed by atoms with Crippen molar-refractivity contribution in [2.24, 2.45) is 5.92 Å². The van der Waals surface area contributed by atoms with Crippen LogP contribution in [0, 0.1) is 11.9 Å². The van der Waals surface area contributed by atoms with E-state index in [2.05, 4.69) is 10.3 Å². The van der Waals surface area contributed by atoms with Crippen molar-refractivity contribution in [2.45, 2.75) is 46.3 Å². The smallest absolute Gasteiger partial charge is 0.329 e. The van der Waals surface area contributed by atoms with Crippen LogP contribution in [0.15, 0.2) is 18.2 Å². The fraction of sp³-hybridized carbons (Fsp3) is 0.533. The number of carbonyl (C=O) groups excluding carboxylic acids is 2. The molecule has 1 heterocycles. The van der Waals surface area contributed by atoms with Crippen molar-refractivity contribution in [2.75, 3.05) is 0 Å². The predicted octanol–water partition coefficient (Wildman–Crippen LogP) is 2.32. The molecule has 0 unspecified atom stereocenters. The Morgan fingerprint density at radius 3 is 2.38 bits per heavy atom. The average Bonchev–Trinajstić information content (AvgIpc) is 2.32. The first-order valence-corrected chi connectivity index (χ1v) is 6.76. The molecule has 0 radical (unpaired) electrons. The third-order valence-corrected chi connectivity index (χ3v) is 2.56. The molecule has 1 atom stereocenters. The molecule has 0 saturated heterocycles. The summed E-state index contributed by atoms with van der Waals surface area (Å²) in [7, 11) is 0. The van der Waals surface area contributed by atoms with Crippen molar-refractivity contribution in [3.8, 4) is 0 Å². The molecular formula is C15H21FN2O3. The minimum absolute atomic E-state index is 0.0794. The lowest BCUT2D eigenvalue weighted by Crippen LogP contribution is -2.47. The van der Waals surface area contributed by atoms with Gasteiger partial charge in [0.1, 0.15) is 17.3 Å². The van der Waals surface area contributed by atoms with E-state index in [9.17, 15) is 14.0 Å². The van der Waals surface area contributed by atoms with Crippen LogP contribution in [-0.2, 0) is 9.53 Å². The Kier molecular flexibility index (Phi) is 5.41. The van der Waals surface area contributed by atoms with Gasteiger partial charge in [0.25, 0.3) is 5.91 Å². The lowest BCUT2D eigenvalue weighted by atomic mass is 10.0. The van der Waals surface area contributed by atoms with E-state index in [-0.39, 0.29) is 11.6 Å². The van der Waals surface area contributed by atoms with Crippen molar-refractivity contribution in [3.63, 3.8) is 0 Å². The highest BCUT2D eigenvalue weighted by molar-refractivity contribution is 5.95. The third kappa shape index (κ3) is 5.49. The van der Waals surface area contributed by atoms with Crippen LogP contribution in [0.1, 0.15) is 45.1 Å². The molecule has 1 amide bonds. The van der Waals surface area contributed by atoms with Gasteiger partial charge in [0.15, 0.2) is 0 Å². The standard InChI is InChI=1S/C15H21FN2O3/c1-9(2)12(14(20)21-15(3,4)5)18-13(19)10-7-6-8-11(16)17-10/h6-9,12H,1-5H3,(H,18,19)/t12-/m0/s1. The number of nitrogens with zero attached hydrogens (tertiary/aromatic N) is 1. The molecule has 1 N–H and O–H groups in total. The second kappa shape index (κ2) is 6.65. The van der Waals surface area contributed by atoms with E-state index in [0.29, 0.717) is 0 Å². The van der Waals surface area contributed by atoms with Gasteiger partial charge in [0, 0.05) is 0 Å². The predicted molar refractivity (Wildman–Crippen MR) is 76.1 cm³/mol. The average molecular weight is 296 g/mol. The van der Waals surface area contributed by atoms with Gasteiger partial charge in [0.2, 0.25) is 5.95 Å². The Morgan fingerprint density at radius 2 is 1.90 bits per heavy atom. The van der Waals surface area contributed by atoms with Gasteiger partial charge in [-0.3, -0.25) is 4.79 Å². The fourth-order valence-electron chi connectivity index (χ4n) is 1.61. The van der Waals surface area contributed by atoms with Gasteiger partial charge in [-0.05, 0) is 38.8 Å². The first-order valence-electron chi connectivity index (χ1n) is 6.76. The second-order valence-electron chi connectivity index (χ2n) is 6.07. The Labute approximate surface area is 123 Å². The highest BCUT2D eigenvalue weighted by Crippen LogP contribution is 2.13. The number of nitrogens with one attached hydrogen (secondary N) is 1. The summed E-state index contributed by atoms with van der Waals surface area (Å²) in [6.07, 6.45) is 0. The molecule has 1 rings (SSSR count). The number of halogens is 1. The Morgan fingerprint density at radius 1 is 1.29 bits per heavy atom. The van der Waals surface area contributed by atoms with Crippen LogP contribution in [0.5, 0.6) is 0 Å². The SMILES string of the molecule is CC(C)[C@H](NC(=O)c1cccc(F)n1)C(=O)OC(C)(C)C. The monoisotopic (exact) mass is 296 g/mol. The van der Waals surface area contributed by atoms with Gasteiger partial charge in [-0.25, -0.2) is 9.78 Å². The van der Waals surface area contributed by atoms with E-state index >= 15 is 0 Å². The first kappa shape index (κ1) is 17.1. The number of rotatable bonds is 4. The van der Waals surface area contributed by atoms with Crippen LogP contribution >= 0.6 is 0 Å². The number of esters is 1. The molecule has 6 heteroatoms. The van der Waals surface area contributed by atoms with Crippen LogP contribution in [-0.4, -0.2) is 28.5 Å². The highest BCUT2D eigenvalue weighted by Gasteiger charge is 2.29. The number of hydrogen-bond donors (Lipinski definition) is 1. The number of amides is 1. The number of ether oxygens (including phenoxy) is 1. The van der Waals surface area contributed by atoms with E-state index in [1.807, 2.05) is 0 Å². The summed E-state index contributed by atoms with van der Waals surface area (Å²) in [5, 5.41) is 2.54. The molecule has 0 aliphatic rings. The van der Waals surface area contributed by atoms with E-state index < -0.39 is 29.5 Å². The number of carbonyl (C=O) groups is 2.